The predicted molar refractivity (Wildman–Crippen MR) is 69.4 cm³/mol. The molecule has 20 heavy (non-hydrogen) atoms. The van der Waals surface area contributed by atoms with Crippen LogP contribution in [0.2, 0.25) is 0 Å². The van der Waals surface area contributed by atoms with E-state index in [-0.39, 0.29) is 22.6 Å². The highest BCUT2D eigenvalue weighted by Crippen LogP contribution is 2.25. The van der Waals surface area contributed by atoms with Crippen molar-refractivity contribution in [1.29, 1.82) is 0 Å². The van der Waals surface area contributed by atoms with Crippen molar-refractivity contribution in [3.05, 3.63) is 59.4 Å². The number of carbonyl (C=O) groups excluding carboxylic acids is 1. The molecule has 0 atom stereocenters. The Morgan fingerprint density at radius 1 is 1.10 bits per heavy atom. The van der Waals surface area contributed by atoms with Gasteiger partial charge in [-0.25, -0.2) is 9.18 Å². The smallest absolute Gasteiger partial charge is 0.335 e. The molecule has 0 aliphatic carbocycles. The molecule has 2 rings (SSSR count). The standard InChI is InChI=1S/C14H10FNO4/c15-10-4-2-1-3-9(10)13(18)16-11-7-8(14(19)20)5-6-12(11)17/h1-7,17H,(H,16,18)(H,19,20). The van der Waals surface area contributed by atoms with E-state index in [4.69, 9.17) is 5.11 Å². The van der Waals surface area contributed by atoms with Gasteiger partial charge in [0.25, 0.3) is 5.91 Å². The van der Waals surface area contributed by atoms with Crippen molar-refractivity contribution in [2.45, 2.75) is 0 Å². The van der Waals surface area contributed by atoms with Gasteiger partial charge in [0, 0.05) is 0 Å². The Balaban J connectivity index is 2.30. The number of hydrogen-bond donors (Lipinski definition) is 3. The van der Waals surface area contributed by atoms with Gasteiger partial charge in [0.2, 0.25) is 0 Å². The summed E-state index contributed by atoms with van der Waals surface area (Å²) < 4.78 is 13.4. The molecular formula is C14H10FNO4. The van der Waals surface area contributed by atoms with Crippen LogP contribution in [-0.4, -0.2) is 22.1 Å². The first kappa shape index (κ1) is 13.5. The van der Waals surface area contributed by atoms with Crippen LogP contribution in [0.3, 0.4) is 0 Å². The monoisotopic (exact) mass is 275 g/mol. The second kappa shape index (κ2) is 5.40. The second-order valence-electron chi connectivity index (χ2n) is 3.97. The molecule has 0 heterocycles. The van der Waals surface area contributed by atoms with Crippen molar-refractivity contribution in [2.24, 2.45) is 0 Å². The molecule has 2 aromatic carbocycles. The van der Waals surface area contributed by atoms with Crippen LogP contribution in [0, 0.1) is 5.82 Å². The third-order valence-corrected chi connectivity index (χ3v) is 2.61. The molecule has 0 radical (unpaired) electrons. The fraction of sp³-hybridized carbons (Fsp3) is 0. The van der Waals surface area contributed by atoms with Gasteiger partial charge >= 0.3 is 5.97 Å². The largest absolute Gasteiger partial charge is 0.506 e. The number of aromatic carboxylic acids is 1. The van der Waals surface area contributed by atoms with Crippen molar-refractivity contribution in [2.75, 3.05) is 5.32 Å². The maximum atomic E-state index is 13.4. The minimum Gasteiger partial charge on any atom is -0.506 e. The van der Waals surface area contributed by atoms with Crippen LogP contribution in [-0.2, 0) is 0 Å². The molecule has 3 N–H and O–H groups in total. The molecule has 6 heteroatoms. The normalized spacial score (nSPS) is 10.1. The fourth-order valence-corrected chi connectivity index (χ4v) is 1.60. The van der Waals surface area contributed by atoms with E-state index in [1.807, 2.05) is 0 Å². The Labute approximate surface area is 113 Å². The molecule has 0 aliphatic rings. The lowest BCUT2D eigenvalue weighted by molar-refractivity contribution is 0.0696. The summed E-state index contributed by atoms with van der Waals surface area (Å²) in [6, 6.07) is 8.76. The molecule has 2 aromatic rings. The molecule has 102 valence electrons. The molecule has 0 aliphatic heterocycles. The van der Waals surface area contributed by atoms with Crippen LogP contribution in [0.15, 0.2) is 42.5 Å². The fourth-order valence-electron chi connectivity index (χ4n) is 1.60. The number of hydrogen-bond acceptors (Lipinski definition) is 3. The van der Waals surface area contributed by atoms with E-state index in [1.165, 1.54) is 24.3 Å². The highest BCUT2D eigenvalue weighted by atomic mass is 19.1. The molecule has 5 nitrogen and oxygen atoms in total. The summed E-state index contributed by atoms with van der Waals surface area (Å²) in [4.78, 5) is 22.7. The Morgan fingerprint density at radius 3 is 2.45 bits per heavy atom. The minimum absolute atomic E-state index is 0.0989. The lowest BCUT2D eigenvalue weighted by Crippen LogP contribution is -2.14. The van der Waals surface area contributed by atoms with Crippen molar-refractivity contribution >= 4 is 17.6 Å². The topological polar surface area (TPSA) is 86.6 Å². The Bertz CT molecular complexity index is 685. The van der Waals surface area contributed by atoms with Crippen molar-refractivity contribution in [1.82, 2.24) is 0 Å². The predicted octanol–water partition coefficient (Wildman–Crippen LogP) is 2.48. The third kappa shape index (κ3) is 2.74. The summed E-state index contributed by atoms with van der Waals surface area (Å²) in [6.45, 7) is 0. The highest BCUT2D eigenvalue weighted by Gasteiger charge is 2.14. The molecular weight excluding hydrogens is 265 g/mol. The summed E-state index contributed by atoms with van der Waals surface area (Å²) in [5.41, 5.74) is -0.405. The molecule has 0 unspecified atom stereocenters. The van der Waals surface area contributed by atoms with Gasteiger partial charge in [0.1, 0.15) is 11.6 Å². The molecule has 1 amide bonds. The highest BCUT2D eigenvalue weighted by molar-refractivity contribution is 6.05. The number of rotatable bonds is 3. The summed E-state index contributed by atoms with van der Waals surface area (Å²) in [5.74, 6) is -2.99. The van der Waals surface area contributed by atoms with Crippen LogP contribution >= 0.6 is 0 Å². The summed E-state index contributed by atoms with van der Waals surface area (Å²) >= 11 is 0. The Hall–Kier alpha value is -2.89. The zero-order chi connectivity index (χ0) is 14.7. The van der Waals surface area contributed by atoms with E-state index < -0.39 is 17.7 Å². The Kier molecular flexibility index (Phi) is 3.65. The quantitative estimate of drug-likeness (QED) is 0.751. The maximum absolute atomic E-state index is 13.4. The zero-order valence-electron chi connectivity index (χ0n) is 10.1. The van der Waals surface area contributed by atoms with Gasteiger partial charge in [0.15, 0.2) is 0 Å². The molecule has 0 spiro atoms. The molecule has 0 bridgehead atoms. The van der Waals surface area contributed by atoms with Gasteiger partial charge in [0.05, 0.1) is 16.8 Å². The van der Waals surface area contributed by atoms with E-state index in [0.29, 0.717) is 0 Å². The van der Waals surface area contributed by atoms with E-state index in [0.717, 1.165) is 18.2 Å². The van der Waals surface area contributed by atoms with Crippen molar-refractivity contribution < 1.29 is 24.2 Å². The molecule has 0 fully saturated rings. The first-order chi connectivity index (χ1) is 9.49. The molecule has 0 saturated heterocycles. The van der Waals surface area contributed by atoms with E-state index >= 15 is 0 Å². The van der Waals surface area contributed by atoms with Crippen molar-refractivity contribution in [3.63, 3.8) is 0 Å². The number of amides is 1. The molecule has 0 aromatic heterocycles. The van der Waals surface area contributed by atoms with Gasteiger partial charge in [-0.15, -0.1) is 0 Å². The number of carbonyl (C=O) groups is 2. The third-order valence-electron chi connectivity index (χ3n) is 2.61. The number of anilines is 1. The number of aromatic hydroxyl groups is 1. The maximum Gasteiger partial charge on any atom is 0.335 e. The van der Waals surface area contributed by atoms with Gasteiger partial charge in [-0.2, -0.15) is 0 Å². The first-order valence-electron chi connectivity index (χ1n) is 5.61. The SMILES string of the molecule is O=C(O)c1ccc(O)c(NC(=O)c2ccccc2F)c1. The lowest BCUT2D eigenvalue weighted by atomic mass is 10.1. The van der Waals surface area contributed by atoms with E-state index in [9.17, 15) is 19.1 Å². The average molecular weight is 275 g/mol. The number of nitrogens with one attached hydrogen (secondary N) is 1. The summed E-state index contributed by atoms with van der Waals surface area (Å²) in [5, 5.41) is 20.7. The number of phenolic OH excluding ortho intramolecular Hbond substituents is 1. The average Bonchev–Trinajstić information content (AvgIpc) is 2.41. The minimum atomic E-state index is -1.20. The molecule has 0 saturated carbocycles. The lowest BCUT2D eigenvalue weighted by Gasteiger charge is -2.08. The number of benzene rings is 2. The number of carboxylic acids is 1. The number of halogens is 1. The van der Waals surface area contributed by atoms with Gasteiger partial charge in [-0.3, -0.25) is 4.79 Å². The summed E-state index contributed by atoms with van der Waals surface area (Å²) in [7, 11) is 0. The Morgan fingerprint density at radius 2 is 1.80 bits per heavy atom. The van der Waals surface area contributed by atoms with Crippen LogP contribution in [0.5, 0.6) is 5.75 Å². The second-order valence-corrected chi connectivity index (χ2v) is 3.97. The first-order valence-corrected chi connectivity index (χ1v) is 5.61. The van der Waals surface area contributed by atoms with Gasteiger partial charge in [-0.05, 0) is 30.3 Å². The van der Waals surface area contributed by atoms with Crippen LogP contribution in [0.25, 0.3) is 0 Å². The van der Waals surface area contributed by atoms with Crippen LogP contribution in [0.1, 0.15) is 20.7 Å². The zero-order valence-corrected chi connectivity index (χ0v) is 10.1. The van der Waals surface area contributed by atoms with E-state index in [1.54, 1.807) is 0 Å². The number of carboxylic acid groups (broad SMARTS) is 1. The van der Waals surface area contributed by atoms with E-state index in [2.05, 4.69) is 5.32 Å². The van der Waals surface area contributed by atoms with Gasteiger partial charge < -0.3 is 15.5 Å². The van der Waals surface area contributed by atoms with Crippen molar-refractivity contribution in [3.8, 4) is 5.75 Å². The van der Waals surface area contributed by atoms with Crippen LogP contribution < -0.4 is 5.32 Å². The number of phenols is 1. The summed E-state index contributed by atoms with van der Waals surface area (Å²) in [6.07, 6.45) is 0. The van der Waals surface area contributed by atoms with Crippen LogP contribution in [0.4, 0.5) is 10.1 Å². The van der Waals surface area contributed by atoms with Gasteiger partial charge in [-0.1, -0.05) is 12.1 Å².